The molecule has 0 aliphatic carbocycles. The molecule has 0 spiro atoms. The summed E-state index contributed by atoms with van der Waals surface area (Å²) in [6.45, 7) is 0.385. The van der Waals surface area contributed by atoms with Gasteiger partial charge in [-0.3, -0.25) is 9.36 Å². The first kappa shape index (κ1) is 16.4. The molecule has 4 aromatic rings. The third-order valence-corrected chi connectivity index (χ3v) is 5.18. The van der Waals surface area contributed by atoms with E-state index in [0.29, 0.717) is 40.5 Å². The quantitative estimate of drug-likeness (QED) is 0.575. The van der Waals surface area contributed by atoms with Crippen LogP contribution in [0.5, 0.6) is 11.5 Å². The Balaban J connectivity index is 1.77. The zero-order valence-corrected chi connectivity index (χ0v) is 15.0. The molecule has 8 nitrogen and oxygen atoms in total. The Morgan fingerprint density at radius 3 is 2.73 bits per heavy atom. The summed E-state index contributed by atoms with van der Waals surface area (Å²) in [6, 6.07) is 7.38. The van der Waals surface area contributed by atoms with Gasteiger partial charge in [-0.25, -0.2) is 14.3 Å². The number of rotatable bonds is 5. The minimum Gasteiger partial charge on any atom is -0.493 e. The highest BCUT2D eigenvalue weighted by Gasteiger charge is 2.15. The van der Waals surface area contributed by atoms with E-state index in [1.165, 1.54) is 20.3 Å². The third-order valence-electron chi connectivity index (χ3n) is 4.29. The van der Waals surface area contributed by atoms with Gasteiger partial charge in [0.2, 0.25) is 5.78 Å². The highest BCUT2D eigenvalue weighted by atomic mass is 32.1. The van der Waals surface area contributed by atoms with E-state index >= 15 is 0 Å². The lowest BCUT2D eigenvalue weighted by Crippen LogP contribution is -2.25. The lowest BCUT2D eigenvalue weighted by molar-refractivity contribution is 0.354. The van der Waals surface area contributed by atoms with Crippen molar-refractivity contribution in [2.45, 2.75) is 13.0 Å². The minimum absolute atomic E-state index is 0.151. The molecule has 0 amide bonds. The molecule has 0 saturated heterocycles. The first-order valence-corrected chi connectivity index (χ1v) is 8.80. The fraction of sp³-hybridized carbons (Fsp3) is 0.235. The number of fused-ring (bicyclic) bond motifs is 3. The van der Waals surface area contributed by atoms with Gasteiger partial charge < -0.3 is 9.47 Å². The SMILES string of the molecule is COc1ccc(CCn2c(=O)c3sccc3n3c(=O)[nH]nc23)cc1OC. The first-order chi connectivity index (χ1) is 12.6. The van der Waals surface area contributed by atoms with Crippen LogP contribution in [0.3, 0.4) is 0 Å². The van der Waals surface area contributed by atoms with Crippen molar-refractivity contribution in [1.82, 2.24) is 19.2 Å². The molecular formula is C17H16N4O4S. The highest BCUT2D eigenvalue weighted by molar-refractivity contribution is 7.17. The molecule has 9 heteroatoms. The van der Waals surface area contributed by atoms with Crippen molar-refractivity contribution in [3.8, 4) is 11.5 Å². The maximum absolute atomic E-state index is 12.8. The predicted molar refractivity (Wildman–Crippen MR) is 98.7 cm³/mol. The lowest BCUT2D eigenvalue weighted by atomic mass is 10.1. The van der Waals surface area contributed by atoms with E-state index in [1.54, 1.807) is 25.7 Å². The summed E-state index contributed by atoms with van der Waals surface area (Å²) < 4.78 is 14.0. The van der Waals surface area contributed by atoms with E-state index in [0.717, 1.165) is 5.56 Å². The Bertz CT molecular complexity index is 1220. The molecule has 26 heavy (non-hydrogen) atoms. The number of hydrogen-bond donors (Lipinski definition) is 1. The molecule has 0 radical (unpaired) electrons. The Kier molecular flexibility index (Phi) is 4.00. The molecule has 0 bridgehead atoms. The van der Waals surface area contributed by atoms with Crippen molar-refractivity contribution in [2.24, 2.45) is 0 Å². The molecular weight excluding hydrogens is 356 g/mol. The second-order valence-corrected chi connectivity index (χ2v) is 6.61. The topological polar surface area (TPSA) is 90.6 Å². The molecule has 0 unspecified atom stereocenters. The van der Waals surface area contributed by atoms with Gasteiger partial charge in [0, 0.05) is 6.54 Å². The van der Waals surface area contributed by atoms with Crippen molar-refractivity contribution < 1.29 is 9.47 Å². The number of benzene rings is 1. The predicted octanol–water partition coefficient (Wildman–Crippen LogP) is 1.66. The molecule has 0 atom stereocenters. The van der Waals surface area contributed by atoms with Crippen LogP contribution in [0.25, 0.3) is 16.0 Å². The first-order valence-electron chi connectivity index (χ1n) is 7.92. The van der Waals surface area contributed by atoms with Crippen LogP contribution in [0.15, 0.2) is 39.2 Å². The Hall–Kier alpha value is -3.07. The van der Waals surface area contributed by atoms with Crippen molar-refractivity contribution in [1.29, 1.82) is 0 Å². The van der Waals surface area contributed by atoms with E-state index in [-0.39, 0.29) is 11.2 Å². The number of nitrogens with one attached hydrogen (secondary N) is 1. The van der Waals surface area contributed by atoms with Gasteiger partial charge in [-0.15, -0.1) is 16.4 Å². The van der Waals surface area contributed by atoms with Crippen molar-refractivity contribution in [2.75, 3.05) is 14.2 Å². The van der Waals surface area contributed by atoms with Gasteiger partial charge in [0.25, 0.3) is 5.56 Å². The van der Waals surface area contributed by atoms with Crippen LogP contribution >= 0.6 is 11.3 Å². The number of thiophene rings is 1. The number of aromatic amines is 1. The van der Waals surface area contributed by atoms with Gasteiger partial charge in [-0.05, 0) is 35.6 Å². The summed E-state index contributed by atoms with van der Waals surface area (Å²) in [5.41, 5.74) is 1.05. The van der Waals surface area contributed by atoms with Gasteiger partial charge in [0.15, 0.2) is 11.5 Å². The van der Waals surface area contributed by atoms with Crippen LogP contribution in [0.2, 0.25) is 0 Å². The normalized spacial score (nSPS) is 11.3. The molecule has 0 aliphatic heterocycles. The molecule has 0 aliphatic rings. The zero-order valence-electron chi connectivity index (χ0n) is 14.2. The van der Waals surface area contributed by atoms with Crippen LogP contribution < -0.4 is 20.7 Å². The van der Waals surface area contributed by atoms with E-state index in [2.05, 4.69) is 10.2 Å². The number of aryl methyl sites for hydroxylation is 2. The highest BCUT2D eigenvalue weighted by Crippen LogP contribution is 2.27. The van der Waals surface area contributed by atoms with Crippen LogP contribution in [0.4, 0.5) is 0 Å². The van der Waals surface area contributed by atoms with Gasteiger partial charge in [-0.1, -0.05) is 6.07 Å². The van der Waals surface area contributed by atoms with E-state index in [9.17, 15) is 9.59 Å². The van der Waals surface area contributed by atoms with Crippen molar-refractivity contribution >= 4 is 27.3 Å². The number of methoxy groups -OCH3 is 2. The van der Waals surface area contributed by atoms with Crippen LogP contribution in [0.1, 0.15) is 5.56 Å². The summed E-state index contributed by atoms with van der Waals surface area (Å²) in [7, 11) is 3.16. The van der Waals surface area contributed by atoms with E-state index in [4.69, 9.17) is 9.47 Å². The monoisotopic (exact) mass is 372 g/mol. The summed E-state index contributed by atoms with van der Waals surface area (Å²) in [5, 5.41) is 8.25. The van der Waals surface area contributed by atoms with Gasteiger partial charge >= 0.3 is 5.69 Å². The molecule has 0 fully saturated rings. The number of aromatic nitrogens is 4. The van der Waals surface area contributed by atoms with E-state index < -0.39 is 0 Å². The minimum atomic E-state index is -0.358. The van der Waals surface area contributed by atoms with Gasteiger partial charge in [0.1, 0.15) is 4.70 Å². The fourth-order valence-electron chi connectivity index (χ4n) is 3.02. The molecule has 3 heterocycles. The fourth-order valence-corrected chi connectivity index (χ4v) is 3.84. The number of ether oxygens (including phenoxy) is 2. The van der Waals surface area contributed by atoms with Crippen LogP contribution in [-0.4, -0.2) is 33.4 Å². The molecule has 134 valence electrons. The van der Waals surface area contributed by atoms with Crippen molar-refractivity contribution in [3.05, 3.63) is 56.0 Å². The number of hydrogen-bond acceptors (Lipinski definition) is 6. The Labute approximate surface area is 151 Å². The third kappa shape index (κ3) is 2.48. The Morgan fingerprint density at radius 1 is 1.15 bits per heavy atom. The van der Waals surface area contributed by atoms with E-state index in [1.807, 2.05) is 18.2 Å². The maximum atomic E-state index is 12.8. The smallest absolute Gasteiger partial charge is 0.349 e. The average Bonchev–Trinajstić information content (AvgIpc) is 3.28. The van der Waals surface area contributed by atoms with Gasteiger partial charge in [0.05, 0.1) is 19.7 Å². The second-order valence-electron chi connectivity index (χ2n) is 5.70. The van der Waals surface area contributed by atoms with Gasteiger partial charge in [-0.2, -0.15) is 0 Å². The second kappa shape index (κ2) is 6.34. The lowest BCUT2D eigenvalue weighted by Gasteiger charge is -2.11. The zero-order chi connectivity index (χ0) is 18.3. The largest absolute Gasteiger partial charge is 0.493 e. The molecule has 3 aromatic heterocycles. The number of H-pyrrole nitrogens is 1. The van der Waals surface area contributed by atoms with Crippen molar-refractivity contribution in [3.63, 3.8) is 0 Å². The molecule has 4 rings (SSSR count). The van der Waals surface area contributed by atoms with Crippen LogP contribution in [0, 0.1) is 0 Å². The summed E-state index contributed by atoms with van der Waals surface area (Å²) in [5.74, 6) is 1.59. The molecule has 1 aromatic carbocycles. The van der Waals surface area contributed by atoms with Crippen LogP contribution in [-0.2, 0) is 13.0 Å². The molecule has 0 saturated carbocycles. The number of nitrogens with zero attached hydrogens (tertiary/aromatic N) is 3. The summed E-state index contributed by atoms with van der Waals surface area (Å²) >= 11 is 1.32. The summed E-state index contributed by atoms with van der Waals surface area (Å²) in [6.07, 6.45) is 0.577. The summed E-state index contributed by atoms with van der Waals surface area (Å²) in [4.78, 5) is 24.9. The average molecular weight is 372 g/mol. The molecule has 1 N–H and O–H groups in total. The maximum Gasteiger partial charge on any atom is 0.349 e. The Morgan fingerprint density at radius 2 is 1.96 bits per heavy atom. The standard InChI is InChI=1S/C17H16N4O4S/c1-24-12-4-3-10(9-13(12)25-2)5-7-20-15(22)14-11(6-8-26-14)21-16(20)18-19-17(21)23/h3-4,6,8-9H,5,7H2,1-2H3,(H,19,23).